The predicted molar refractivity (Wildman–Crippen MR) is 120 cm³/mol. The number of rotatable bonds is 4. The van der Waals surface area contributed by atoms with Gasteiger partial charge in [0.1, 0.15) is 5.82 Å². The molecule has 156 valence electrons. The minimum Gasteiger partial charge on any atom is -0.337 e. The summed E-state index contributed by atoms with van der Waals surface area (Å²) in [6.45, 7) is 6.25. The maximum atomic E-state index is 13.2. The standard InChI is InChI=1S/C25H30N4O/c1-17-15-19(25(30)27(3)21-13-14-28(16-21)20-7-6-8-20)11-12-23(17)29-18(2)26-22-9-4-5-10-24(22)29/h4-5,9-12,15,20-21H,6-8,13-14,16H2,1-3H3/t21-/m1/s1. The SMILES string of the molecule is Cc1cc(C(=O)N(C)[C@@H]2CCN(C3CCC3)C2)ccc1-n1c(C)nc2ccccc21. The van der Waals surface area contributed by atoms with Crippen molar-refractivity contribution in [2.24, 2.45) is 0 Å². The summed E-state index contributed by atoms with van der Waals surface area (Å²) in [4.78, 5) is 22.4. The number of fused-ring (bicyclic) bond motifs is 1. The lowest BCUT2D eigenvalue weighted by Crippen LogP contribution is -2.43. The molecule has 1 saturated carbocycles. The molecule has 0 unspecified atom stereocenters. The van der Waals surface area contributed by atoms with E-state index in [9.17, 15) is 4.79 Å². The van der Waals surface area contributed by atoms with Gasteiger partial charge in [0.2, 0.25) is 0 Å². The highest BCUT2D eigenvalue weighted by molar-refractivity contribution is 5.95. The van der Waals surface area contributed by atoms with Crippen molar-refractivity contribution in [1.82, 2.24) is 19.4 Å². The largest absolute Gasteiger partial charge is 0.337 e. The van der Waals surface area contributed by atoms with Crippen molar-refractivity contribution in [3.63, 3.8) is 0 Å². The summed E-state index contributed by atoms with van der Waals surface area (Å²) in [7, 11) is 1.97. The van der Waals surface area contributed by atoms with Crippen molar-refractivity contribution < 1.29 is 4.79 Å². The maximum absolute atomic E-state index is 13.2. The van der Waals surface area contributed by atoms with Gasteiger partial charge in [-0.15, -0.1) is 0 Å². The second-order valence-electron chi connectivity index (χ2n) is 8.92. The third-order valence-corrected chi connectivity index (χ3v) is 7.07. The van der Waals surface area contributed by atoms with Crippen LogP contribution in [0, 0.1) is 13.8 Å². The van der Waals surface area contributed by atoms with Crippen LogP contribution in [0.25, 0.3) is 16.7 Å². The quantitative estimate of drug-likeness (QED) is 0.652. The molecule has 1 saturated heterocycles. The van der Waals surface area contributed by atoms with E-state index in [0.717, 1.165) is 59.2 Å². The van der Waals surface area contributed by atoms with Gasteiger partial charge in [0.25, 0.3) is 5.91 Å². The molecule has 5 rings (SSSR count). The summed E-state index contributed by atoms with van der Waals surface area (Å²) in [6.07, 6.45) is 5.09. The van der Waals surface area contributed by atoms with Crippen LogP contribution in [0.4, 0.5) is 0 Å². The third kappa shape index (κ3) is 3.21. The summed E-state index contributed by atoms with van der Waals surface area (Å²) >= 11 is 0. The molecule has 2 aromatic carbocycles. The number of aryl methyl sites for hydroxylation is 2. The normalized spacial score (nSPS) is 19.9. The van der Waals surface area contributed by atoms with Crippen LogP contribution in [-0.2, 0) is 0 Å². The summed E-state index contributed by atoms with van der Waals surface area (Å²) in [5.74, 6) is 1.08. The van der Waals surface area contributed by atoms with E-state index in [4.69, 9.17) is 0 Å². The molecule has 5 heteroatoms. The van der Waals surface area contributed by atoms with E-state index in [-0.39, 0.29) is 5.91 Å². The molecule has 2 heterocycles. The zero-order valence-electron chi connectivity index (χ0n) is 18.1. The van der Waals surface area contributed by atoms with Crippen LogP contribution in [0.1, 0.15) is 47.4 Å². The number of para-hydroxylation sites is 2. The number of benzene rings is 2. The van der Waals surface area contributed by atoms with Gasteiger partial charge in [0, 0.05) is 37.8 Å². The molecule has 2 aliphatic rings. The molecule has 1 aliphatic heterocycles. The van der Waals surface area contributed by atoms with Crippen molar-refractivity contribution in [1.29, 1.82) is 0 Å². The average Bonchev–Trinajstić information content (AvgIpc) is 3.30. The minimum absolute atomic E-state index is 0.123. The van der Waals surface area contributed by atoms with E-state index in [1.165, 1.54) is 19.3 Å². The Hall–Kier alpha value is -2.66. The summed E-state index contributed by atoms with van der Waals surface area (Å²) in [6, 6.07) is 15.3. The smallest absolute Gasteiger partial charge is 0.253 e. The molecular formula is C25H30N4O. The Morgan fingerprint density at radius 1 is 1.10 bits per heavy atom. The van der Waals surface area contributed by atoms with E-state index < -0.39 is 0 Å². The molecule has 0 radical (unpaired) electrons. The number of aromatic nitrogens is 2. The Morgan fingerprint density at radius 2 is 1.90 bits per heavy atom. The molecule has 30 heavy (non-hydrogen) atoms. The molecule has 2 fully saturated rings. The van der Waals surface area contributed by atoms with Gasteiger partial charge in [-0.2, -0.15) is 0 Å². The molecule has 5 nitrogen and oxygen atoms in total. The van der Waals surface area contributed by atoms with Gasteiger partial charge in [-0.05, 0) is 69.0 Å². The fourth-order valence-corrected chi connectivity index (χ4v) is 5.03. The van der Waals surface area contributed by atoms with Crippen LogP contribution < -0.4 is 0 Å². The maximum Gasteiger partial charge on any atom is 0.253 e. The molecule has 0 bridgehead atoms. The van der Waals surface area contributed by atoms with Crippen molar-refractivity contribution in [3.8, 4) is 5.69 Å². The van der Waals surface area contributed by atoms with Gasteiger partial charge in [-0.1, -0.05) is 18.6 Å². The van der Waals surface area contributed by atoms with Crippen LogP contribution >= 0.6 is 0 Å². The first-order valence-electron chi connectivity index (χ1n) is 11.1. The van der Waals surface area contributed by atoms with E-state index in [1.54, 1.807) is 0 Å². The summed E-state index contributed by atoms with van der Waals surface area (Å²) in [5.41, 5.74) is 5.02. The Balaban J connectivity index is 1.38. The number of hydrogen-bond donors (Lipinski definition) is 0. The Kier molecular flexibility index (Phi) is 4.86. The zero-order valence-corrected chi connectivity index (χ0v) is 18.1. The number of carbonyl (C=O) groups excluding carboxylic acids is 1. The highest BCUT2D eigenvalue weighted by Gasteiger charge is 2.34. The van der Waals surface area contributed by atoms with Crippen LogP contribution in [0.2, 0.25) is 0 Å². The van der Waals surface area contributed by atoms with Crippen LogP contribution in [0.3, 0.4) is 0 Å². The van der Waals surface area contributed by atoms with Crippen LogP contribution in [-0.4, -0.2) is 57.5 Å². The number of hydrogen-bond acceptors (Lipinski definition) is 3. The predicted octanol–water partition coefficient (Wildman–Crippen LogP) is 4.34. The van der Waals surface area contributed by atoms with E-state index in [1.807, 2.05) is 49.2 Å². The first-order valence-corrected chi connectivity index (χ1v) is 11.1. The topological polar surface area (TPSA) is 41.4 Å². The first kappa shape index (κ1) is 19.3. The van der Waals surface area contributed by atoms with E-state index in [0.29, 0.717) is 6.04 Å². The van der Waals surface area contributed by atoms with Gasteiger partial charge in [0.05, 0.1) is 16.7 Å². The Morgan fingerprint density at radius 3 is 2.63 bits per heavy atom. The Bertz CT molecular complexity index is 1100. The highest BCUT2D eigenvalue weighted by atomic mass is 16.2. The number of nitrogens with zero attached hydrogens (tertiary/aromatic N) is 4. The van der Waals surface area contributed by atoms with Crippen molar-refractivity contribution in [3.05, 3.63) is 59.4 Å². The second kappa shape index (κ2) is 7.55. The van der Waals surface area contributed by atoms with Crippen molar-refractivity contribution in [2.45, 2.75) is 51.6 Å². The first-order chi connectivity index (χ1) is 14.5. The highest BCUT2D eigenvalue weighted by Crippen LogP contribution is 2.30. The molecule has 1 aliphatic carbocycles. The van der Waals surface area contributed by atoms with Gasteiger partial charge >= 0.3 is 0 Å². The lowest BCUT2D eigenvalue weighted by molar-refractivity contribution is 0.0720. The molecule has 1 atom stereocenters. The summed E-state index contributed by atoms with van der Waals surface area (Å²) < 4.78 is 2.18. The zero-order chi connectivity index (χ0) is 20.8. The minimum atomic E-state index is 0.123. The Labute approximate surface area is 178 Å². The molecular weight excluding hydrogens is 372 g/mol. The summed E-state index contributed by atoms with van der Waals surface area (Å²) in [5, 5.41) is 0. The van der Waals surface area contributed by atoms with Crippen molar-refractivity contribution in [2.75, 3.05) is 20.1 Å². The van der Waals surface area contributed by atoms with Crippen molar-refractivity contribution >= 4 is 16.9 Å². The van der Waals surface area contributed by atoms with E-state index in [2.05, 4.69) is 33.5 Å². The van der Waals surface area contributed by atoms with Gasteiger partial charge in [0.15, 0.2) is 0 Å². The molecule has 1 aromatic heterocycles. The number of amides is 1. The number of likely N-dealkylation sites (tertiary alicyclic amines) is 1. The van der Waals surface area contributed by atoms with Gasteiger partial charge in [-0.3, -0.25) is 14.3 Å². The second-order valence-corrected chi connectivity index (χ2v) is 8.92. The fraction of sp³-hybridized carbons (Fsp3) is 0.440. The molecule has 0 N–H and O–H groups in total. The number of carbonyl (C=O) groups is 1. The monoisotopic (exact) mass is 402 g/mol. The average molecular weight is 403 g/mol. The molecule has 3 aromatic rings. The fourth-order valence-electron chi connectivity index (χ4n) is 5.03. The molecule has 0 spiro atoms. The van der Waals surface area contributed by atoms with Crippen LogP contribution in [0.15, 0.2) is 42.5 Å². The number of imidazole rings is 1. The number of likely N-dealkylation sites (N-methyl/N-ethyl adjacent to an activating group) is 1. The van der Waals surface area contributed by atoms with Crippen LogP contribution in [0.5, 0.6) is 0 Å². The molecule has 1 amide bonds. The lowest BCUT2D eigenvalue weighted by atomic mass is 9.92. The van der Waals surface area contributed by atoms with Gasteiger partial charge in [-0.25, -0.2) is 4.98 Å². The third-order valence-electron chi connectivity index (χ3n) is 7.07. The lowest BCUT2D eigenvalue weighted by Gasteiger charge is -2.35. The van der Waals surface area contributed by atoms with E-state index >= 15 is 0 Å². The van der Waals surface area contributed by atoms with Gasteiger partial charge < -0.3 is 4.90 Å².